The molecule has 1 aliphatic carbocycles. The number of aliphatic carboxylic acids is 1. The molecule has 21 heavy (non-hydrogen) atoms. The molecule has 7 nitrogen and oxygen atoms in total. The van der Waals surface area contributed by atoms with Gasteiger partial charge in [0.15, 0.2) is 11.5 Å². The molecule has 1 aromatic rings. The van der Waals surface area contributed by atoms with Gasteiger partial charge in [0, 0.05) is 18.3 Å². The number of hydrogen-bond donors (Lipinski definition) is 2. The van der Waals surface area contributed by atoms with Gasteiger partial charge in [-0.1, -0.05) is 0 Å². The molecule has 2 amide bonds. The summed E-state index contributed by atoms with van der Waals surface area (Å²) in [5.74, 6) is 0.608. The van der Waals surface area contributed by atoms with Crippen LogP contribution in [-0.2, 0) is 4.79 Å². The fraction of sp³-hybridized carbons (Fsp3) is 0.429. The Balaban J connectivity index is 1.66. The molecule has 0 aromatic heterocycles. The minimum Gasteiger partial charge on any atom is -0.480 e. The predicted molar refractivity (Wildman–Crippen MR) is 73.5 cm³/mol. The highest BCUT2D eigenvalue weighted by Crippen LogP contribution is 2.34. The number of rotatable bonds is 5. The van der Waals surface area contributed by atoms with Crippen molar-refractivity contribution in [3.05, 3.63) is 18.2 Å². The van der Waals surface area contributed by atoms with Gasteiger partial charge in [0.25, 0.3) is 0 Å². The first-order valence-electron chi connectivity index (χ1n) is 6.79. The second-order valence-electron chi connectivity index (χ2n) is 5.22. The van der Waals surface area contributed by atoms with E-state index in [2.05, 4.69) is 5.32 Å². The van der Waals surface area contributed by atoms with E-state index < -0.39 is 12.0 Å². The van der Waals surface area contributed by atoms with Crippen molar-refractivity contribution in [1.82, 2.24) is 4.90 Å². The molecule has 2 aliphatic rings. The molecule has 0 bridgehead atoms. The van der Waals surface area contributed by atoms with E-state index in [1.165, 1.54) is 4.90 Å². The lowest BCUT2D eigenvalue weighted by molar-refractivity contribution is -0.137. The molecular weight excluding hydrogens is 276 g/mol. The summed E-state index contributed by atoms with van der Waals surface area (Å²) < 4.78 is 10.4. The van der Waals surface area contributed by atoms with Crippen molar-refractivity contribution < 1.29 is 24.2 Å². The standard InChI is InChI=1S/C14H16N2O5/c17-13(18)7-16(6-9-1-2-9)14(19)15-10-3-4-11-12(5-10)21-8-20-11/h3-5,9H,1-2,6-8H2,(H,15,19)(H,17,18). The van der Waals surface area contributed by atoms with Crippen LogP contribution in [0, 0.1) is 5.92 Å². The number of nitrogens with zero attached hydrogens (tertiary/aromatic N) is 1. The third-order valence-electron chi connectivity index (χ3n) is 3.41. The predicted octanol–water partition coefficient (Wildman–Crippen LogP) is 1.74. The lowest BCUT2D eigenvalue weighted by Gasteiger charge is -2.21. The Morgan fingerprint density at radius 1 is 1.29 bits per heavy atom. The van der Waals surface area contributed by atoms with Crippen LogP contribution in [0.25, 0.3) is 0 Å². The van der Waals surface area contributed by atoms with Crippen molar-refractivity contribution in [3.8, 4) is 11.5 Å². The maximum Gasteiger partial charge on any atom is 0.323 e. The molecule has 1 aliphatic heterocycles. The number of carboxylic acids is 1. The van der Waals surface area contributed by atoms with Gasteiger partial charge >= 0.3 is 12.0 Å². The molecule has 7 heteroatoms. The van der Waals surface area contributed by atoms with Crippen LogP contribution in [0.2, 0.25) is 0 Å². The summed E-state index contributed by atoms with van der Waals surface area (Å²) in [6, 6.07) is 4.65. The molecule has 0 spiro atoms. The topological polar surface area (TPSA) is 88.1 Å². The van der Waals surface area contributed by atoms with Crippen LogP contribution in [0.1, 0.15) is 12.8 Å². The van der Waals surface area contributed by atoms with Crippen LogP contribution < -0.4 is 14.8 Å². The maximum absolute atomic E-state index is 12.2. The van der Waals surface area contributed by atoms with Crippen molar-refractivity contribution in [1.29, 1.82) is 0 Å². The van der Waals surface area contributed by atoms with E-state index in [4.69, 9.17) is 14.6 Å². The molecule has 0 radical (unpaired) electrons. The second-order valence-corrected chi connectivity index (χ2v) is 5.22. The smallest absolute Gasteiger partial charge is 0.323 e. The van der Waals surface area contributed by atoms with Crippen molar-refractivity contribution in [2.24, 2.45) is 5.92 Å². The Labute approximate surface area is 121 Å². The summed E-state index contributed by atoms with van der Waals surface area (Å²) >= 11 is 0. The van der Waals surface area contributed by atoms with Crippen molar-refractivity contribution in [2.75, 3.05) is 25.2 Å². The summed E-state index contributed by atoms with van der Waals surface area (Å²) in [6.07, 6.45) is 2.10. The molecule has 112 valence electrons. The first-order valence-corrected chi connectivity index (χ1v) is 6.79. The first-order chi connectivity index (χ1) is 10.1. The minimum atomic E-state index is -1.02. The van der Waals surface area contributed by atoms with Crippen LogP contribution >= 0.6 is 0 Å². The largest absolute Gasteiger partial charge is 0.480 e. The van der Waals surface area contributed by atoms with Gasteiger partial charge in [-0.05, 0) is 30.9 Å². The van der Waals surface area contributed by atoms with Crippen LogP contribution in [0.3, 0.4) is 0 Å². The third kappa shape index (κ3) is 3.36. The highest BCUT2D eigenvalue weighted by molar-refractivity contribution is 5.91. The molecule has 0 saturated heterocycles. The molecule has 1 aromatic carbocycles. The fourth-order valence-corrected chi connectivity index (χ4v) is 2.17. The SMILES string of the molecule is O=C(O)CN(CC1CC1)C(=O)Nc1ccc2c(c1)OCO2. The minimum absolute atomic E-state index is 0.166. The summed E-state index contributed by atoms with van der Waals surface area (Å²) in [5.41, 5.74) is 0.551. The maximum atomic E-state index is 12.2. The lowest BCUT2D eigenvalue weighted by atomic mass is 10.3. The number of carbonyl (C=O) groups is 2. The number of amides is 2. The number of carbonyl (C=O) groups excluding carboxylic acids is 1. The van der Waals surface area contributed by atoms with Gasteiger partial charge in [-0.15, -0.1) is 0 Å². The number of carboxylic acid groups (broad SMARTS) is 1. The average Bonchev–Trinajstić information content (AvgIpc) is 3.13. The van der Waals surface area contributed by atoms with Gasteiger partial charge < -0.3 is 24.8 Å². The van der Waals surface area contributed by atoms with E-state index in [1.807, 2.05) is 0 Å². The fourth-order valence-electron chi connectivity index (χ4n) is 2.17. The molecule has 2 N–H and O–H groups in total. The number of benzene rings is 1. The Morgan fingerprint density at radius 2 is 2.05 bits per heavy atom. The quantitative estimate of drug-likeness (QED) is 0.863. The summed E-state index contributed by atoms with van der Waals surface area (Å²) in [4.78, 5) is 24.4. The third-order valence-corrected chi connectivity index (χ3v) is 3.41. The molecule has 3 rings (SSSR count). The molecule has 1 fully saturated rings. The molecule has 1 saturated carbocycles. The second kappa shape index (κ2) is 5.51. The molecule has 1 heterocycles. The normalized spacial score (nSPS) is 15.6. The number of hydrogen-bond acceptors (Lipinski definition) is 4. The number of fused-ring (bicyclic) bond motifs is 1. The van der Waals surface area contributed by atoms with E-state index in [9.17, 15) is 9.59 Å². The summed E-state index contributed by atoms with van der Waals surface area (Å²) in [6.45, 7) is 0.342. The van der Waals surface area contributed by atoms with E-state index in [-0.39, 0.29) is 13.3 Å². The van der Waals surface area contributed by atoms with Crippen molar-refractivity contribution in [3.63, 3.8) is 0 Å². The zero-order chi connectivity index (χ0) is 14.8. The van der Waals surface area contributed by atoms with Crippen LogP contribution in [-0.4, -0.2) is 41.9 Å². The van der Waals surface area contributed by atoms with Gasteiger partial charge in [-0.25, -0.2) is 4.79 Å². The van der Waals surface area contributed by atoms with Gasteiger partial charge in [-0.3, -0.25) is 4.79 Å². The van der Waals surface area contributed by atoms with E-state index >= 15 is 0 Å². The monoisotopic (exact) mass is 292 g/mol. The van der Waals surface area contributed by atoms with Crippen molar-refractivity contribution >= 4 is 17.7 Å². The van der Waals surface area contributed by atoms with Gasteiger partial charge in [-0.2, -0.15) is 0 Å². The van der Waals surface area contributed by atoms with Crippen molar-refractivity contribution in [2.45, 2.75) is 12.8 Å². The number of anilines is 1. The van der Waals surface area contributed by atoms with E-state index in [0.29, 0.717) is 29.6 Å². The van der Waals surface area contributed by atoms with Gasteiger partial charge in [0.1, 0.15) is 6.54 Å². The van der Waals surface area contributed by atoms with Crippen LogP contribution in [0.5, 0.6) is 11.5 Å². The Kier molecular flexibility index (Phi) is 3.55. The molecular formula is C14H16N2O5. The Hall–Kier alpha value is -2.44. The number of ether oxygens (including phenoxy) is 2. The average molecular weight is 292 g/mol. The van der Waals surface area contributed by atoms with Gasteiger partial charge in [0.2, 0.25) is 6.79 Å². The lowest BCUT2D eigenvalue weighted by Crippen LogP contribution is -2.40. The highest BCUT2D eigenvalue weighted by atomic mass is 16.7. The first kappa shape index (κ1) is 13.5. The Morgan fingerprint density at radius 3 is 2.76 bits per heavy atom. The Bertz CT molecular complexity index is 570. The van der Waals surface area contributed by atoms with Crippen LogP contribution in [0.4, 0.5) is 10.5 Å². The van der Waals surface area contributed by atoms with E-state index in [1.54, 1.807) is 18.2 Å². The van der Waals surface area contributed by atoms with Gasteiger partial charge in [0.05, 0.1) is 0 Å². The molecule has 0 atom stereocenters. The molecule has 0 unspecified atom stereocenters. The van der Waals surface area contributed by atoms with E-state index in [0.717, 1.165) is 12.8 Å². The summed E-state index contributed by atoms with van der Waals surface area (Å²) in [7, 11) is 0. The summed E-state index contributed by atoms with van der Waals surface area (Å²) in [5, 5.41) is 11.6. The zero-order valence-electron chi connectivity index (χ0n) is 11.4. The highest BCUT2D eigenvalue weighted by Gasteiger charge is 2.28. The zero-order valence-corrected chi connectivity index (χ0v) is 11.4. The van der Waals surface area contributed by atoms with Crippen LogP contribution in [0.15, 0.2) is 18.2 Å². The number of nitrogens with one attached hydrogen (secondary N) is 1. The number of urea groups is 1.